The summed E-state index contributed by atoms with van der Waals surface area (Å²) in [4.78, 5) is 18.3. The van der Waals surface area contributed by atoms with Crippen molar-refractivity contribution in [2.75, 3.05) is 12.3 Å². The number of carbonyl (C=O) groups is 1. The number of pyridine rings is 1. The van der Waals surface area contributed by atoms with Gasteiger partial charge >= 0.3 is 0 Å². The molecule has 1 amide bonds. The average Bonchev–Trinajstić information content (AvgIpc) is 2.54. The van der Waals surface area contributed by atoms with Gasteiger partial charge in [0.25, 0.3) is 5.91 Å². The monoisotopic (exact) mass is 233 g/mol. The maximum absolute atomic E-state index is 12.3. The van der Waals surface area contributed by atoms with Gasteiger partial charge in [-0.05, 0) is 31.9 Å². The molecule has 4 nitrogen and oxygen atoms in total. The molecule has 92 valence electrons. The Balaban J connectivity index is 2.15. The fourth-order valence-electron chi connectivity index (χ4n) is 2.26. The molecule has 0 aromatic carbocycles. The van der Waals surface area contributed by atoms with Crippen molar-refractivity contribution in [2.45, 2.75) is 38.6 Å². The van der Waals surface area contributed by atoms with Crippen molar-refractivity contribution in [3.63, 3.8) is 0 Å². The molecule has 1 aliphatic heterocycles. The highest BCUT2D eigenvalue weighted by Crippen LogP contribution is 2.18. The summed E-state index contributed by atoms with van der Waals surface area (Å²) < 4.78 is 0. The Morgan fingerprint density at radius 1 is 1.41 bits per heavy atom. The van der Waals surface area contributed by atoms with Crippen molar-refractivity contribution in [1.29, 1.82) is 0 Å². The van der Waals surface area contributed by atoms with Crippen molar-refractivity contribution in [2.24, 2.45) is 0 Å². The zero-order valence-electron chi connectivity index (χ0n) is 10.2. The second-order valence-corrected chi connectivity index (χ2v) is 4.67. The predicted molar refractivity (Wildman–Crippen MR) is 67.6 cm³/mol. The van der Waals surface area contributed by atoms with Crippen LogP contribution in [0.25, 0.3) is 0 Å². The van der Waals surface area contributed by atoms with Crippen LogP contribution in [0.1, 0.15) is 43.1 Å². The quantitative estimate of drug-likeness (QED) is 0.807. The van der Waals surface area contributed by atoms with Gasteiger partial charge in [-0.3, -0.25) is 4.79 Å². The number of rotatable bonds is 1. The highest BCUT2D eigenvalue weighted by Gasteiger charge is 2.23. The normalized spacial score (nSPS) is 21.0. The van der Waals surface area contributed by atoms with Gasteiger partial charge in [0.1, 0.15) is 5.69 Å². The molecule has 1 aliphatic rings. The minimum Gasteiger partial charge on any atom is -0.397 e. The van der Waals surface area contributed by atoms with Crippen LogP contribution in [-0.4, -0.2) is 28.4 Å². The van der Waals surface area contributed by atoms with Crippen molar-refractivity contribution in [1.82, 2.24) is 9.88 Å². The smallest absolute Gasteiger partial charge is 0.272 e. The maximum Gasteiger partial charge on any atom is 0.272 e. The Kier molecular flexibility index (Phi) is 3.61. The summed E-state index contributed by atoms with van der Waals surface area (Å²) >= 11 is 0. The molecule has 2 N–H and O–H groups in total. The van der Waals surface area contributed by atoms with Gasteiger partial charge in [0, 0.05) is 12.6 Å². The van der Waals surface area contributed by atoms with Crippen molar-refractivity contribution in [3.8, 4) is 0 Å². The lowest BCUT2D eigenvalue weighted by molar-refractivity contribution is 0.0692. The van der Waals surface area contributed by atoms with Gasteiger partial charge < -0.3 is 10.6 Å². The molecule has 4 heteroatoms. The molecule has 0 spiro atoms. The van der Waals surface area contributed by atoms with E-state index in [1.165, 1.54) is 19.0 Å². The van der Waals surface area contributed by atoms with Crippen molar-refractivity contribution < 1.29 is 4.79 Å². The van der Waals surface area contributed by atoms with Crippen LogP contribution in [0.2, 0.25) is 0 Å². The number of anilines is 1. The molecule has 1 aromatic rings. The van der Waals surface area contributed by atoms with Crippen LogP contribution in [0.15, 0.2) is 18.3 Å². The van der Waals surface area contributed by atoms with Crippen LogP contribution in [0.3, 0.4) is 0 Å². The molecule has 0 saturated carbocycles. The average molecular weight is 233 g/mol. The molecule has 1 atom stereocenters. The standard InChI is InChI=1S/C13H19N3O/c1-10-5-3-2-4-8-16(10)13(17)12-7-6-11(14)9-15-12/h6-7,9-10H,2-5,8,14H2,1H3. The summed E-state index contributed by atoms with van der Waals surface area (Å²) in [6, 6.07) is 3.74. The highest BCUT2D eigenvalue weighted by atomic mass is 16.2. The van der Waals surface area contributed by atoms with Gasteiger partial charge in [-0.1, -0.05) is 12.8 Å². The molecular formula is C13H19N3O. The fourth-order valence-corrected chi connectivity index (χ4v) is 2.26. The number of carbonyl (C=O) groups excluding carboxylic acids is 1. The molecule has 1 fully saturated rings. The van der Waals surface area contributed by atoms with E-state index < -0.39 is 0 Å². The van der Waals surface area contributed by atoms with Gasteiger partial charge in [0.15, 0.2) is 0 Å². The van der Waals surface area contributed by atoms with Gasteiger partial charge in [-0.15, -0.1) is 0 Å². The van der Waals surface area contributed by atoms with Gasteiger partial charge in [0.2, 0.25) is 0 Å². The van der Waals surface area contributed by atoms with E-state index in [9.17, 15) is 4.79 Å². The van der Waals surface area contributed by atoms with Crippen LogP contribution < -0.4 is 5.73 Å². The molecule has 0 radical (unpaired) electrons. The Hall–Kier alpha value is -1.58. The van der Waals surface area contributed by atoms with E-state index in [0.29, 0.717) is 17.4 Å². The van der Waals surface area contributed by atoms with E-state index in [2.05, 4.69) is 11.9 Å². The summed E-state index contributed by atoms with van der Waals surface area (Å²) in [5.41, 5.74) is 6.65. The van der Waals surface area contributed by atoms with E-state index in [0.717, 1.165) is 19.4 Å². The van der Waals surface area contributed by atoms with E-state index in [4.69, 9.17) is 5.73 Å². The summed E-state index contributed by atoms with van der Waals surface area (Å²) in [5, 5.41) is 0. The van der Waals surface area contributed by atoms with Crippen LogP contribution in [0.5, 0.6) is 0 Å². The third kappa shape index (κ3) is 2.75. The second-order valence-electron chi connectivity index (χ2n) is 4.67. The van der Waals surface area contributed by atoms with Crippen LogP contribution in [-0.2, 0) is 0 Å². The Labute approximate surface area is 102 Å². The largest absolute Gasteiger partial charge is 0.397 e. The molecule has 2 rings (SSSR count). The first kappa shape index (κ1) is 11.9. The number of likely N-dealkylation sites (tertiary alicyclic amines) is 1. The van der Waals surface area contributed by atoms with Crippen LogP contribution >= 0.6 is 0 Å². The van der Waals surface area contributed by atoms with E-state index in [1.54, 1.807) is 12.1 Å². The summed E-state index contributed by atoms with van der Waals surface area (Å²) in [7, 11) is 0. The molecular weight excluding hydrogens is 214 g/mol. The molecule has 1 aromatic heterocycles. The summed E-state index contributed by atoms with van der Waals surface area (Å²) in [6.07, 6.45) is 6.13. The minimum absolute atomic E-state index is 0.0272. The first-order chi connectivity index (χ1) is 8.18. The minimum atomic E-state index is 0.0272. The number of hydrogen-bond donors (Lipinski definition) is 1. The van der Waals surface area contributed by atoms with Gasteiger partial charge in [-0.2, -0.15) is 0 Å². The lowest BCUT2D eigenvalue weighted by Gasteiger charge is -2.26. The topological polar surface area (TPSA) is 59.2 Å². The number of nitrogens with zero attached hydrogens (tertiary/aromatic N) is 2. The van der Waals surface area contributed by atoms with E-state index in [1.807, 2.05) is 4.90 Å². The Morgan fingerprint density at radius 3 is 2.94 bits per heavy atom. The lowest BCUT2D eigenvalue weighted by Crippen LogP contribution is -2.38. The first-order valence-electron chi connectivity index (χ1n) is 6.21. The Bertz CT molecular complexity index is 388. The molecule has 1 unspecified atom stereocenters. The molecule has 1 saturated heterocycles. The van der Waals surface area contributed by atoms with Crippen LogP contribution in [0.4, 0.5) is 5.69 Å². The van der Waals surface area contributed by atoms with Crippen LogP contribution in [0, 0.1) is 0 Å². The number of nitrogen functional groups attached to an aromatic ring is 1. The van der Waals surface area contributed by atoms with Gasteiger partial charge in [-0.25, -0.2) is 4.98 Å². The van der Waals surface area contributed by atoms with Gasteiger partial charge in [0.05, 0.1) is 11.9 Å². The highest BCUT2D eigenvalue weighted by molar-refractivity contribution is 5.92. The third-order valence-corrected chi connectivity index (χ3v) is 3.32. The predicted octanol–water partition coefficient (Wildman–Crippen LogP) is 2.07. The number of amides is 1. The van der Waals surface area contributed by atoms with Crippen molar-refractivity contribution in [3.05, 3.63) is 24.0 Å². The molecule has 0 bridgehead atoms. The first-order valence-corrected chi connectivity index (χ1v) is 6.21. The zero-order valence-corrected chi connectivity index (χ0v) is 10.2. The zero-order chi connectivity index (χ0) is 12.3. The van der Waals surface area contributed by atoms with Crippen molar-refractivity contribution >= 4 is 11.6 Å². The van der Waals surface area contributed by atoms with E-state index >= 15 is 0 Å². The fraction of sp³-hybridized carbons (Fsp3) is 0.538. The number of aromatic nitrogens is 1. The lowest BCUT2D eigenvalue weighted by atomic mass is 10.1. The summed E-state index contributed by atoms with van der Waals surface area (Å²) in [5.74, 6) is 0.0272. The SMILES string of the molecule is CC1CCCCCN1C(=O)c1ccc(N)cn1. The summed E-state index contributed by atoms with van der Waals surface area (Å²) in [6.45, 7) is 2.95. The number of nitrogens with two attached hydrogens (primary N) is 1. The molecule has 0 aliphatic carbocycles. The second kappa shape index (κ2) is 5.17. The number of hydrogen-bond acceptors (Lipinski definition) is 3. The molecule has 17 heavy (non-hydrogen) atoms. The molecule has 2 heterocycles. The Morgan fingerprint density at radius 2 is 2.24 bits per heavy atom. The van der Waals surface area contributed by atoms with E-state index in [-0.39, 0.29) is 5.91 Å². The third-order valence-electron chi connectivity index (χ3n) is 3.32. The maximum atomic E-state index is 12.3.